The van der Waals surface area contributed by atoms with Gasteiger partial charge in [-0.1, -0.05) is 25.0 Å². The summed E-state index contributed by atoms with van der Waals surface area (Å²) < 4.78 is 22.8. The smallest absolute Gasteiger partial charge is 0.220 e. The molecule has 116 valence electrons. The lowest BCUT2D eigenvalue weighted by molar-refractivity contribution is -0.122. The molecule has 21 heavy (non-hydrogen) atoms. The van der Waals surface area contributed by atoms with Crippen molar-refractivity contribution in [2.24, 2.45) is 5.92 Å². The van der Waals surface area contributed by atoms with Crippen molar-refractivity contribution in [3.05, 3.63) is 29.8 Å². The largest absolute Gasteiger partial charge is 0.350 e. The van der Waals surface area contributed by atoms with Crippen LogP contribution in [0.15, 0.2) is 29.2 Å². The van der Waals surface area contributed by atoms with Gasteiger partial charge in [0.25, 0.3) is 0 Å². The van der Waals surface area contributed by atoms with Gasteiger partial charge in [-0.25, -0.2) is 8.42 Å². The molecule has 0 radical (unpaired) electrons. The number of amides is 1. The van der Waals surface area contributed by atoms with E-state index in [0.29, 0.717) is 17.2 Å². The van der Waals surface area contributed by atoms with Gasteiger partial charge in [-0.3, -0.25) is 4.79 Å². The Hall–Kier alpha value is -1.36. The zero-order valence-electron chi connectivity index (χ0n) is 12.6. The Morgan fingerprint density at radius 1 is 1.24 bits per heavy atom. The van der Waals surface area contributed by atoms with Crippen LogP contribution in [0.1, 0.15) is 50.6 Å². The van der Waals surface area contributed by atoms with Crippen LogP contribution in [-0.2, 0) is 14.6 Å². The lowest BCUT2D eigenvalue weighted by Gasteiger charge is -2.16. The van der Waals surface area contributed by atoms with Crippen LogP contribution in [0.5, 0.6) is 0 Å². The minimum Gasteiger partial charge on any atom is -0.350 e. The van der Waals surface area contributed by atoms with Gasteiger partial charge in [0.05, 0.1) is 10.9 Å². The molecule has 1 aromatic carbocycles. The van der Waals surface area contributed by atoms with Crippen molar-refractivity contribution < 1.29 is 13.2 Å². The molecule has 0 saturated heterocycles. The van der Waals surface area contributed by atoms with E-state index in [1.807, 2.05) is 6.92 Å². The van der Waals surface area contributed by atoms with Crippen LogP contribution in [0.25, 0.3) is 0 Å². The van der Waals surface area contributed by atoms with Crippen LogP contribution in [0.2, 0.25) is 0 Å². The highest BCUT2D eigenvalue weighted by molar-refractivity contribution is 7.90. The first-order valence-electron chi connectivity index (χ1n) is 7.45. The highest BCUT2D eigenvalue weighted by atomic mass is 32.2. The highest BCUT2D eigenvalue weighted by Crippen LogP contribution is 2.27. The van der Waals surface area contributed by atoms with E-state index >= 15 is 0 Å². The Morgan fingerprint density at radius 2 is 1.81 bits per heavy atom. The van der Waals surface area contributed by atoms with Crippen LogP contribution >= 0.6 is 0 Å². The van der Waals surface area contributed by atoms with Crippen LogP contribution in [0, 0.1) is 5.92 Å². The standard InChI is InChI=1S/C16H23NO3S/c1-12(17-16(18)11-13-5-3-4-6-13)14-7-9-15(10-8-14)21(2,19)20/h7-10,12-13H,3-6,11H2,1-2H3,(H,17,18). The van der Waals surface area contributed by atoms with Crippen molar-refractivity contribution in [1.29, 1.82) is 0 Å². The van der Waals surface area contributed by atoms with Gasteiger partial charge in [0.15, 0.2) is 9.84 Å². The third kappa shape index (κ3) is 4.56. The molecule has 0 heterocycles. The average Bonchev–Trinajstić information content (AvgIpc) is 2.90. The minimum atomic E-state index is -3.17. The van der Waals surface area contributed by atoms with E-state index < -0.39 is 9.84 Å². The molecule has 0 aromatic heterocycles. The molecule has 1 saturated carbocycles. The number of carbonyl (C=O) groups is 1. The van der Waals surface area contributed by atoms with E-state index in [-0.39, 0.29) is 11.9 Å². The first-order chi connectivity index (χ1) is 9.86. The lowest BCUT2D eigenvalue weighted by Crippen LogP contribution is -2.28. The number of rotatable bonds is 5. The lowest BCUT2D eigenvalue weighted by atomic mass is 10.0. The Balaban J connectivity index is 1.93. The van der Waals surface area contributed by atoms with Crippen molar-refractivity contribution in [2.45, 2.75) is 50.0 Å². The predicted molar refractivity (Wildman–Crippen MR) is 82.7 cm³/mol. The van der Waals surface area contributed by atoms with Crippen molar-refractivity contribution >= 4 is 15.7 Å². The van der Waals surface area contributed by atoms with Crippen LogP contribution in [0.4, 0.5) is 0 Å². The van der Waals surface area contributed by atoms with E-state index in [1.54, 1.807) is 24.3 Å². The van der Waals surface area contributed by atoms with E-state index in [0.717, 1.165) is 18.4 Å². The summed E-state index contributed by atoms with van der Waals surface area (Å²) in [5.41, 5.74) is 0.919. The molecule has 4 nitrogen and oxygen atoms in total. The number of hydrogen-bond donors (Lipinski definition) is 1. The Kier molecular flexibility index (Phi) is 5.04. The summed E-state index contributed by atoms with van der Waals surface area (Å²) >= 11 is 0. The first kappa shape index (κ1) is 16.0. The molecule has 5 heteroatoms. The van der Waals surface area contributed by atoms with Crippen molar-refractivity contribution in [3.63, 3.8) is 0 Å². The third-order valence-electron chi connectivity index (χ3n) is 4.13. The number of nitrogens with one attached hydrogen (secondary N) is 1. The van der Waals surface area contributed by atoms with Gasteiger partial charge < -0.3 is 5.32 Å². The fourth-order valence-corrected chi connectivity index (χ4v) is 3.49. The molecule has 0 bridgehead atoms. The van der Waals surface area contributed by atoms with Crippen LogP contribution in [0.3, 0.4) is 0 Å². The second-order valence-corrected chi connectivity index (χ2v) is 8.00. The van der Waals surface area contributed by atoms with Crippen molar-refractivity contribution in [3.8, 4) is 0 Å². The van der Waals surface area contributed by atoms with Gasteiger partial charge in [-0.05, 0) is 43.4 Å². The second-order valence-electron chi connectivity index (χ2n) is 5.99. The molecule has 1 amide bonds. The fourth-order valence-electron chi connectivity index (χ4n) is 2.86. The maximum atomic E-state index is 12.0. The van der Waals surface area contributed by atoms with Gasteiger partial charge >= 0.3 is 0 Å². The van der Waals surface area contributed by atoms with Gasteiger partial charge in [-0.15, -0.1) is 0 Å². The molecule has 0 aliphatic heterocycles. The average molecular weight is 309 g/mol. The molecule has 1 N–H and O–H groups in total. The molecule has 1 atom stereocenters. The zero-order valence-corrected chi connectivity index (χ0v) is 13.4. The highest BCUT2D eigenvalue weighted by Gasteiger charge is 2.19. The maximum Gasteiger partial charge on any atom is 0.220 e. The van der Waals surface area contributed by atoms with Gasteiger partial charge in [0.1, 0.15) is 0 Å². The summed E-state index contributed by atoms with van der Waals surface area (Å²) in [6.45, 7) is 1.92. The maximum absolute atomic E-state index is 12.0. The number of hydrogen-bond acceptors (Lipinski definition) is 3. The van der Waals surface area contributed by atoms with Crippen molar-refractivity contribution in [1.82, 2.24) is 5.32 Å². The van der Waals surface area contributed by atoms with E-state index in [1.165, 1.54) is 19.1 Å². The Labute approximate surface area is 126 Å². The zero-order chi connectivity index (χ0) is 15.5. The van der Waals surface area contributed by atoms with E-state index in [4.69, 9.17) is 0 Å². The summed E-state index contributed by atoms with van der Waals surface area (Å²) in [4.78, 5) is 12.3. The molecule has 1 aliphatic carbocycles. The predicted octanol–water partition coefficient (Wildman–Crippen LogP) is 2.85. The quantitative estimate of drug-likeness (QED) is 0.909. The summed E-state index contributed by atoms with van der Waals surface area (Å²) in [7, 11) is -3.17. The van der Waals surface area contributed by atoms with Gasteiger partial charge in [-0.2, -0.15) is 0 Å². The molecule has 2 rings (SSSR count). The number of benzene rings is 1. The van der Waals surface area contributed by atoms with Gasteiger partial charge in [0, 0.05) is 12.7 Å². The Morgan fingerprint density at radius 3 is 2.33 bits per heavy atom. The normalized spacial score (nSPS) is 17.6. The minimum absolute atomic E-state index is 0.0848. The van der Waals surface area contributed by atoms with Crippen molar-refractivity contribution in [2.75, 3.05) is 6.26 Å². The fraction of sp³-hybridized carbons (Fsp3) is 0.562. The molecular weight excluding hydrogens is 286 g/mol. The van der Waals surface area contributed by atoms with Crippen LogP contribution in [-0.4, -0.2) is 20.6 Å². The first-order valence-corrected chi connectivity index (χ1v) is 9.35. The molecular formula is C16H23NO3S. The van der Waals surface area contributed by atoms with E-state index in [9.17, 15) is 13.2 Å². The van der Waals surface area contributed by atoms with Crippen LogP contribution < -0.4 is 5.32 Å². The summed E-state index contributed by atoms with van der Waals surface area (Å²) in [6.07, 6.45) is 6.58. The monoisotopic (exact) mass is 309 g/mol. The number of sulfone groups is 1. The Bertz CT molecular complexity index is 586. The molecule has 1 aromatic rings. The summed E-state index contributed by atoms with van der Waals surface area (Å²) in [5.74, 6) is 0.617. The number of carbonyl (C=O) groups excluding carboxylic acids is 1. The molecule has 1 fully saturated rings. The third-order valence-corrected chi connectivity index (χ3v) is 5.26. The summed E-state index contributed by atoms with van der Waals surface area (Å²) in [6, 6.07) is 6.59. The second kappa shape index (κ2) is 6.60. The van der Waals surface area contributed by atoms with Gasteiger partial charge in [0.2, 0.25) is 5.91 Å². The molecule has 1 unspecified atom stereocenters. The summed E-state index contributed by atoms with van der Waals surface area (Å²) in [5, 5.41) is 2.99. The topological polar surface area (TPSA) is 63.2 Å². The SMILES string of the molecule is CC(NC(=O)CC1CCCC1)c1ccc(S(C)(=O)=O)cc1. The van der Waals surface area contributed by atoms with E-state index in [2.05, 4.69) is 5.32 Å². The molecule has 1 aliphatic rings. The molecule has 0 spiro atoms.